The van der Waals surface area contributed by atoms with Crippen molar-refractivity contribution in [2.24, 2.45) is 10.9 Å². The Morgan fingerprint density at radius 3 is 2.46 bits per heavy atom. The lowest BCUT2D eigenvalue weighted by Gasteiger charge is -2.47. The van der Waals surface area contributed by atoms with Gasteiger partial charge in [0.2, 0.25) is 0 Å². The van der Waals surface area contributed by atoms with E-state index in [-0.39, 0.29) is 5.92 Å². The molecule has 1 aliphatic carbocycles. The van der Waals surface area contributed by atoms with Gasteiger partial charge in [0, 0.05) is 15.1 Å². The number of hydrogen-bond donors (Lipinski definition) is 0. The first kappa shape index (κ1) is 17.9. The summed E-state index contributed by atoms with van der Waals surface area (Å²) in [7, 11) is 0. The number of benzene rings is 2. The Morgan fingerprint density at radius 1 is 1.15 bits per heavy atom. The van der Waals surface area contributed by atoms with Crippen molar-refractivity contribution in [2.45, 2.75) is 24.6 Å². The van der Waals surface area contributed by atoms with Gasteiger partial charge in [-0.15, -0.1) is 0 Å². The third-order valence-electron chi connectivity index (χ3n) is 4.96. The summed E-state index contributed by atoms with van der Waals surface area (Å²) in [6.07, 6.45) is -1.27. The van der Waals surface area contributed by atoms with Crippen molar-refractivity contribution >= 4 is 39.6 Å². The first-order valence-electron chi connectivity index (χ1n) is 8.24. The average molecular weight is 444 g/mol. The van der Waals surface area contributed by atoms with E-state index in [1.54, 1.807) is 18.2 Å². The molecule has 0 radical (unpaired) electrons. The lowest BCUT2D eigenvalue weighted by molar-refractivity contribution is -0.146. The Bertz CT molecular complexity index is 862. The van der Waals surface area contributed by atoms with Crippen molar-refractivity contribution in [3.8, 4) is 0 Å². The van der Waals surface area contributed by atoms with Crippen molar-refractivity contribution in [3.63, 3.8) is 0 Å². The molecular weight excluding hydrogens is 429 g/mol. The molecule has 1 heterocycles. The fraction of sp³-hybridized carbons (Fsp3) is 0.316. The Morgan fingerprint density at radius 2 is 1.85 bits per heavy atom. The van der Waals surface area contributed by atoms with Gasteiger partial charge in [-0.2, -0.15) is 13.2 Å². The van der Waals surface area contributed by atoms with Gasteiger partial charge >= 0.3 is 6.18 Å². The molecule has 2 aromatic carbocycles. The topological polar surface area (TPSA) is 15.6 Å². The smallest absolute Gasteiger partial charge is 0.339 e. The highest BCUT2D eigenvalue weighted by molar-refractivity contribution is 9.10. The van der Waals surface area contributed by atoms with Crippen LogP contribution in [0.4, 0.5) is 18.9 Å². The molecular formula is C19H15BrClF3N2. The Balaban J connectivity index is 1.97. The van der Waals surface area contributed by atoms with Gasteiger partial charge in [-0.05, 0) is 54.7 Å². The number of aliphatic imine (C=N–C) groups is 1. The monoisotopic (exact) mass is 442 g/mol. The van der Waals surface area contributed by atoms with E-state index in [9.17, 15) is 13.2 Å². The minimum atomic E-state index is -4.34. The van der Waals surface area contributed by atoms with Crippen LogP contribution in [0.25, 0.3) is 0 Å². The van der Waals surface area contributed by atoms with E-state index in [4.69, 9.17) is 11.6 Å². The largest absolute Gasteiger partial charge is 0.405 e. The zero-order valence-corrected chi connectivity index (χ0v) is 15.9. The van der Waals surface area contributed by atoms with Gasteiger partial charge in [0.1, 0.15) is 6.54 Å². The van der Waals surface area contributed by atoms with Gasteiger partial charge in [-0.25, -0.2) is 4.99 Å². The summed E-state index contributed by atoms with van der Waals surface area (Å²) in [6, 6.07) is 12.7. The van der Waals surface area contributed by atoms with Crippen LogP contribution in [0.1, 0.15) is 24.0 Å². The molecule has 26 heavy (non-hydrogen) atoms. The molecule has 0 amide bonds. The van der Waals surface area contributed by atoms with E-state index in [0.717, 1.165) is 28.4 Å². The third-order valence-corrected chi connectivity index (χ3v) is 5.72. The molecule has 1 unspecified atom stereocenters. The van der Waals surface area contributed by atoms with Crippen LogP contribution in [0.3, 0.4) is 0 Å². The van der Waals surface area contributed by atoms with Crippen LogP contribution in [0, 0.1) is 5.92 Å². The van der Waals surface area contributed by atoms with Crippen LogP contribution < -0.4 is 0 Å². The van der Waals surface area contributed by atoms with Gasteiger partial charge < -0.3 is 4.90 Å². The van der Waals surface area contributed by atoms with E-state index in [1.165, 1.54) is 11.2 Å². The first-order chi connectivity index (χ1) is 12.3. The molecule has 1 saturated carbocycles. The van der Waals surface area contributed by atoms with Crippen LogP contribution in [-0.2, 0) is 5.54 Å². The van der Waals surface area contributed by atoms with Crippen molar-refractivity contribution < 1.29 is 13.2 Å². The first-order valence-corrected chi connectivity index (χ1v) is 9.41. The number of hydrogen-bond acceptors (Lipinski definition) is 2. The van der Waals surface area contributed by atoms with Crippen LogP contribution in [0.2, 0.25) is 5.02 Å². The molecule has 2 nitrogen and oxygen atoms in total. The van der Waals surface area contributed by atoms with Gasteiger partial charge in [-0.1, -0.05) is 39.7 Å². The van der Waals surface area contributed by atoms with Crippen LogP contribution in [0.15, 0.2) is 51.9 Å². The molecule has 2 aliphatic rings. The number of rotatable bonds is 3. The minimum absolute atomic E-state index is 0.0787. The molecule has 0 spiro atoms. The van der Waals surface area contributed by atoms with E-state index >= 15 is 0 Å². The minimum Gasteiger partial charge on any atom is -0.339 e. The maximum atomic E-state index is 13.4. The maximum absolute atomic E-state index is 13.4. The molecule has 7 heteroatoms. The standard InChI is InChI=1S/C19H15BrClF3N2/c20-14-5-3-13(4-6-14)19(12-1-2-12)16-9-15(21)7-8-17(16)25-11-26(19)10-18(22,23)24/h3-9,11-12H,1-2,10H2. The van der Waals surface area contributed by atoms with Crippen molar-refractivity contribution in [1.29, 1.82) is 0 Å². The summed E-state index contributed by atoms with van der Waals surface area (Å²) in [5.74, 6) is 0.0787. The SMILES string of the molecule is FC(F)(F)CN1C=Nc2ccc(Cl)cc2C1(c1ccc(Br)cc1)C1CC1. The second-order valence-corrected chi connectivity index (χ2v) is 8.05. The quantitative estimate of drug-likeness (QED) is 0.544. The molecule has 136 valence electrons. The maximum Gasteiger partial charge on any atom is 0.405 e. The Labute approximate surface area is 162 Å². The molecule has 0 bridgehead atoms. The molecule has 0 N–H and O–H groups in total. The lowest BCUT2D eigenvalue weighted by Crippen LogP contribution is -2.53. The van der Waals surface area contributed by atoms with Gasteiger partial charge in [-0.3, -0.25) is 0 Å². The fourth-order valence-corrected chi connectivity index (χ4v) is 4.32. The summed E-state index contributed by atoms with van der Waals surface area (Å²) in [4.78, 5) is 5.62. The highest BCUT2D eigenvalue weighted by Crippen LogP contribution is 2.57. The summed E-state index contributed by atoms with van der Waals surface area (Å²) in [5.41, 5.74) is 1.31. The fourth-order valence-electron chi connectivity index (χ4n) is 3.88. The van der Waals surface area contributed by atoms with Gasteiger partial charge in [0.25, 0.3) is 0 Å². The molecule has 1 aliphatic heterocycles. The highest BCUT2D eigenvalue weighted by atomic mass is 79.9. The molecule has 1 atom stereocenters. The molecule has 0 aromatic heterocycles. The third kappa shape index (κ3) is 3.03. The van der Waals surface area contributed by atoms with E-state index in [1.807, 2.05) is 24.3 Å². The summed E-state index contributed by atoms with van der Waals surface area (Å²) in [6.45, 7) is -1.06. The molecule has 2 aromatic rings. The normalized spacial score (nSPS) is 22.4. The Kier molecular flexibility index (Phi) is 4.31. The molecule has 4 rings (SSSR count). The van der Waals surface area contributed by atoms with E-state index in [0.29, 0.717) is 10.7 Å². The predicted octanol–water partition coefficient (Wildman–Crippen LogP) is 6.29. The van der Waals surface area contributed by atoms with E-state index < -0.39 is 18.3 Å². The van der Waals surface area contributed by atoms with Crippen molar-refractivity contribution in [3.05, 3.63) is 63.1 Å². The second kappa shape index (κ2) is 6.27. The van der Waals surface area contributed by atoms with Crippen molar-refractivity contribution in [2.75, 3.05) is 6.54 Å². The lowest BCUT2D eigenvalue weighted by atomic mass is 9.75. The van der Waals surface area contributed by atoms with Crippen molar-refractivity contribution in [1.82, 2.24) is 4.90 Å². The number of nitrogens with zero attached hydrogens (tertiary/aromatic N) is 2. The zero-order chi connectivity index (χ0) is 18.5. The highest BCUT2D eigenvalue weighted by Gasteiger charge is 2.55. The van der Waals surface area contributed by atoms with Crippen LogP contribution in [-0.4, -0.2) is 24.0 Å². The van der Waals surface area contributed by atoms with Crippen LogP contribution in [0.5, 0.6) is 0 Å². The number of fused-ring (bicyclic) bond motifs is 1. The number of halogens is 5. The molecule has 1 fully saturated rings. The second-order valence-electron chi connectivity index (χ2n) is 6.70. The van der Waals surface area contributed by atoms with E-state index in [2.05, 4.69) is 20.9 Å². The Hall–Kier alpha value is -1.53. The predicted molar refractivity (Wildman–Crippen MR) is 100 cm³/mol. The summed E-state index contributed by atoms with van der Waals surface area (Å²) >= 11 is 9.63. The average Bonchev–Trinajstić information content (AvgIpc) is 3.40. The zero-order valence-electron chi connectivity index (χ0n) is 13.6. The summed E-state index contributed by atoms with van der Waals surface area (Å²) in [5, 5.41) is 0.495. The summed E-state index contributed by atoms with van der Waals surface area (Å²) < 4.78 is 41.0. The number of alkyl halides is 3. The van der Waals surface area contributed by atoms with Gasteiger partial charge in [0.15, 0.2) is 0 Å². The van der Waals surface area contributed by atoms with Gasteiger partial charge in [0.05, 0.1) is 17.6 Å². The molecule has 0 saturated heterocycles. The van der Waals surface area contributed by atoms with Crippen LogP contribution >= 0.6 is 27.5 Å².